The Morgan fingerprint density at radius 3 is 2.40 bits per heavy atom. The van der Waals surface area contributed by atoms with Crippen molar-refractivity contribution in [2.24, 2.45) is 5.10 Å². The zero-order valence-electron chi connectivity index (χ0n) is 17.0. The molecule has 0 aliphatic heterocycles. The molecule has 0 saturated carbocycles. The molecule has 0 aliphatic rings. The van der Waals surface area contributed by atoms with E-state index in [9.17, 15) is 9.59 Å². The van der Waals surface area contributed by atoms with Gasteiger partial charge < -0.3 is 14.8 Å². The highest BCUT2D eigenvalue weighted by Gasteiger charge is 2.13. The summed E-state index contributed by atoms with van der Waals surface area (Å²) >= 11 is 0. The summed E-state index contributed by atoms with van der Waals surface area (Å²) in [5, 5.41) is 8.41. The maximum Gasteiger partial charge on any atom is 0.329 e. The molecule has 30 heavy (non-hydrogen) atoms. The second-order valence-corrected chi connectivity index (χ2v) is 6.75. The molecule has 0 heterocycles. The molecule has 3 aromatic carbocycles. The van der Waals surface area contributed by atoms with Crippen molar-refractivity contribution in [1.82, 2.24) is 5.43 Å². The van der Waals surface area contributed by atoms with Gasteiger partial charge in [0.1, 0.15) is 11.5 Å². The van der Waals surface area contributed by atoms with Crippen molar-refractivity contribution in [2.75, 3.05) is 12.4 Å². The Labute approximate surface area is 174 Å². The number of anilines is 1. The van der Waals surface area contributed by atoms with Crippen molar-refractivity contribution in [2.45, 2.75) is 20.0 Å². The van der Waals surface area contributed by atoms with Crippen molar-refractivity contribution in [3.05, 3.63) is 66.2 Å². The normalized spacial score (nSPS) is 10.9. The third-order valence-corrected chi connectivity index (χ3v) is 4.21. The quantitative estimate of drug-likeness (QED) is 0.372. The monoisotopic (exact) mass is 405 g/mol. The zero-order valence-corrected chi connectivity index (χ0v) is 17.0. The predicted octanol–water partition coefficient (Wildman–Crippen LogP) is 3.72. The number of carbonyl (C=O) groups is 2. The number of hydrogen-bond donors (Lipinski definition) is 2. The molecule has 0 aliphatic carbocycles. The lowest BCUT2D eigenvalue weighted by Crippen LogP contribution is -2.32. The summed E-state index contributed by atoms with van der Waals surface area (Å²) in [6, 6.07) is 18.3. The van der Waals surface area contributed by atoms with Gasteiger partial charge in [0.15, 0.2) is 0 Å². The summed E-state index contributed by atoms with van der Waals surface area (Å²) in [5.41, 5.74) is 3.45. The third-order valence-electron chi connectivity index (χ3n) is 4.21. The highest BCUT2D eigenvalue weighted by atomic mass is 16.5. The second kappa shape index (κ2) is 9.56. The zero-order chi connectivity index (χ0) is 21.5. The molecule has 7 nitrogen and oxygen atoms in total. The van der Waals surface area contributed by atoms with Gasteiger partial charge in [0.05, 0.1) is 19.4 Å². The number of rotatable bonds is 6. The average Bonchev–Trinajstić information content (AvgIpc) is 2.75. The topological polar surface area (TPSA) is 89.0 Å². The molecule has 2 amide bonds. The Balaban J connectivity index is 1.72. The predicted molar refractivity (Wildman–Crippen MR) is 117 cm³/mol. The molecular formula is C23H23N3O4. The fraction of sp³-hybridized carbons (Fsp3) is 0.174. The molecule has 0 spiro atoms. The van der Waals surface area contributed by atoms with Gasteiger partial charge in [0.2, 0.25) is 0 Å². The minimum absolute atomic E-state index is 0.0248. The molecule has 7 heteroatoms. The lowest BCUT2D eigenvalue weighted by Gasteiger charge is -2.14. The van der Waals surface area contributed by atoms with Crippen LogP contribution in [-0.2, 0) is 9.59 Å². The van der Waals surface area contributed by atoms with Gasteiger partial charge in [0, 0.05) is 11.3 Å². The molecule has 0 atom stereocenters. The Kier molecular flexibility index (Phi) is 6.64. The van der Waals surface area contributed by atoms with Gasteiger partial charge in [-0.1, -0.05) is 30.3 Å². The number of hydrazone groups is 1. The van der Waals surface area contributed by atoms with Crippen LogP contribution in [-0.4, -0.2) is 31.2 Å². The lowest BCUT2D eigenvalue weighted by atomic mass is 10.0. The summed E-state index contributed by atoms with van der Waals surface area (Å²) in [7, 11) is 1.55. The first-order valence-electron chi connectivity index (χ1n) is 9.45. The number of nitrogens with zero attached hydrogens (tertiary/aromatic N) is 1. The first-order chi connectivity index (χ1) is 14.5. The van der Waals surface area contributed by atoms with Gasteiger partial charge in [-0.25, -0.2) is 5.43 Å². The molecular weight excluding hydrogens is 382 g/mol. The number of nitrogens with one attached hydrogen (secondary N) is 2. The molecule has 0 aromatic heterocycles. The van der Waals surface area contributed by atoms with Gasteiger partial charge in [-0.05, 0) is 55.0 Å². The molecule has 0 unspecified atom stereocenters. The van der Waals surface area contributed by atoms with Gasteiger partial charge in [-0.15, -0.1) is 0 Å². The number of amides is 2. The number of benzene rings is 3. The molecule has 0 radical (unpaired) electrons. The summed E-state index contributed by atoms with van der Waals surface area (Å²) in [6.07, 6.45) is 1.46. The standard InChI is InChI=1S/C23H23N3O4/c1-15(2)30-21-13-8-16-6-4-5-7-19(16)20(21)14-24-26-23(28)22(27)25-17-9-11-18(29-3)12-10-17/h4-15H,1-3H3,(H,25,27)(H,26,28)/b24-14-. The molecule has 0 saturated heterocycles. The summed E-state index contributed by atoms with van der Waals surface area (Å²) in [6.45, 7) is 3.86. The van der Waals surface area contributed by atoms with E-state index in [0.29, 0.717) is 17.2 Å². The average molecular weight is 405 g/mol. The van der Waals surface area contributed by atoms with Gasteiger partial charge in [-0.2, -0.15) is 5.10 Å². The summed E-state index contributed by atoms with van der Waals surface area (Å²) in [5.74, 6) is -0.413. The Bertz CT molecular complexity index is 1080. The molecule has 3 rings (SSSR count). The molecule has 3 aromatic rings. The summed E-state index contributed by atoms with van der Waals surface area (Å²) in [4.78, 5) is 24.2. The van der Waals surface area contributed by atoms with Crippen LogP contribution in [0.3, 0.4) is 0 Å². The van der Waals surface area contributed by atoms with Crippen LogP contribution in [0.15, 0.2) is 65.8 Å². The van der Waals surface area contributed by atoms with E-state index in [4.69, 9.17) is 9.47 Å². The van der Waals surface area contributed by atoms with Crippen LogP contribution >= 0.6 is 0 Å². The van der Waals surface area contributed by atoms with Crippen molar-refractivity contribution in [1.29, 1.82) is 0 Å². The third kappa shape index (κ3) is 5.14. The van der Waals surface area contributed by atoms with E-state index in [2.05, 4.69) is 15.8 Å². The number of carbonyl (C=O) groups excluding carboxylic acids is 2. The van der Waals surface area contributed by atoms with Crippen LogP contribution in [0.2, 0.25) is 0 Å². The van der Waals surface area contributed by atoms with Crippen LogP contribution in [0.5, 0.6) is 11.5 Å². The fourth-order valence-corrected chi connectivity index (χ4v) is 2.83. The fourth-order valence-electron chi connectivity index (χ4n) is 2.83. The van der Waals surface area contributed by atoms with E-state index < -0.39 is 11.8 Å². The van der Waals surface area contributed by atoms with Crippen molar-refractivity contribution >= 4 is 34.5 Å². The lowest BCUT2D eigenvalue weighted by molar-refractivity contribution is -0.136. The molecule has 0 fully saturated rings. The van der Waals surface area contributed by atoms with E-state index in [-0.39, 0.29) is 6.10 Å². The minimum atomic E-state index is -0.881. The number of hydrogen-bond acceptors (Lipinski definition) is 5. The van der Waals surface area contributed by atoms with E-state index in [0.717, 1.165) is 16.3 Å². The second-order valence-electron chi connectivity index (χ2n) is 6.75. The largest absolute Gasteiger partial charge is 0.497 e. The summed E-state index contributed by atoms with van der Waals surface area (Å²) < 4.78 is 10.9. The van der Waals surface area contributed by atoms with Crippen LogP contribution in [0, 0.1) is 0 Å². The highest BCUT2D eigenvalue weighted by molar-refractivity contribution is 6.39. The molecule has 154 valence electrons. The number of fused-ring (bicyclic) bond motifs is 1. The first-order valence-corrected chi connectivity index (χ1v) is 9.45. The first kappa shape index (κ1) is 20.9. The van der Waals surface area contributed by atoms with Crippen LogP contribution < -0.4 is 20.2 Å². The minimum Gasteiger partial charge on any atom is -0.497 e. The van der Waals surface area contributed by atoms with Crippen LogP contribution in [0.25, 0.3) is 10.8 Å². The van der Waals surface area contributed by atoms with E-state index in [1.54, 1.807) is 31.4 Å². The van der Waals surface area contributed by atoms with Gasteiger partial charge >= 0.3 is 11.8 Å². The number of methoxy groups -OCH3 is 1. The van der Waals surface area contributed by atoms with Crippen molar-refractivity contribution in [3.8, 4) is 11.5 Å². The Morgan fingerprint density at radius 2 is 1.70 bits per heavy atom. The van der Waals surface area contributed by atoms with Crippen molar-refractivity contribution in [3.63, 3.8) is 0 Å². The maximum atomic E-state index is 12.1. The molecule has 0 bridgehead atoms. The smallest absolute Gasteiger partial charge is 0.329 e. The van der Waals surface area contributed by atoms with E-state index >= 15 is 0 Å². The Hall–Kier alpha value is -3.87. The Morgan fingerprint density at radius 1 is 0.967 bits per heavy atom. The maximum absolute atomic E-state index is 12.1. The van der Waals surface area contributed by atoms with Gasteiger partial charge in [0.25, 0.3) is 0 Å². The SMILES string of the molecule is COc1ccc(NC(=O)C(=O)N/N=C\c2c(OC(C)C)ccc3ccccc23)cc1. The number of ether oxygens (including phenoxy) is 2. The highest BCUT2D eigenvalue weighted by Crippen LogP contribution is 2.27. The van der Waals surface area contributed by atoms with Gasteiger partial charge in [-0.3, -0.25) is 9.59 Å². The van der Waals surface area contributed by atoms with Crippen LogP contribution in [0.1, 0.15) is 19.4 Å². The van der Waals surface area contributed by atoms with E-state index in [1.165, 1.54) is 6.21 Å². The van der Waals surface area contributed by atoms with Crippen LogP contribution in [0.4, 0.5) is 5.69 Å². The van der Waals surface area contributed by atoms with E-state index in [1.807, 2.05) is 50.2 Å². The molecule has 2 N–H and O–H groups in total. The van der Waals surface area contributed by atoms with Crippen molar-refractivity contribution < 1.29 is 19.1 Å².